The lowest BCUT2D eigenvalue weighted by Crippen LogP contribution is -2.25. The molecule has 0 unspecified atom stereocenters. The van der Waals surface area contributed by atoms with Gasteiger partial charge in [0.25, 0.3) is 0 Å². The maximum Gasteiger partial charge on any atom is 0.247 e. The quantitative estimate of drug-likeness (QED) is 0.488. The van der Waals surface area contributed by atoms with Gasteiger partial charge < -0.3 is 10.6 Å². The summed E-state index contributed by atoms with van der Waals surface area (Å²) in [5, 5.41) is 5.98. The van der Waals surface area contributed by atoms with Crippen molar-refractivity contribution in [3.8, 4) is 0 Å². The van der Waals surface area contributed by atoms with E-state index in [0.717, 1.165) is 49.9 Å². The standard InChI is InChI=1S/C22H32N2O2/c25-21(19-13-7-8-14-19)23-17-11-5-3-1-2-4-6-12-18-24-22(26)20-15-9-10-16-20/h7-10,13,15H,1-6,11-12,14,16-18H2,(H,23,25)(H,24,26). The lowest BCUT2D eigenvalue weighted by molar-refractivity contribution is -0.118. The van der Waals surface area contributed by atoms with Gasteiger partial charge in [-0.15, -0.1) is 0 Å². The Morgan fingerprint density at radius 3 is 1.38 bits per heavy atom. The maximum atomic E-state index is 11.8. The predicted molar refractivity (Wildman–Crippen MR) is 107 cm³/mol. The molecule has 0 aromatic heterocycles. The van der Waals surface area contributed by atoms with E-state index in [0.29, 0.717) is 0 Å². The summed E-state index contributed by atoms with van der Waals surface area (Å²) in [6.07, 6.45) is 22.7. The van der Waals surface area contributed by atoms with E-state index in [9.17, 15) is 9.59 Å². The Hall–Kier alpha value is -2.10. The van der Waals surface area contributed by atoms with E-state index in [4.69, 9.17) is 0 Å². The summed E-state index contributed by atoms with van der Waals surface area (Å²) in [5.74, 6) is 0.171. The van der Waals surface area contributed by atoms with Crippen molar-refractivity contribution in [1.29, 1.82) is 0 Å². The van der Waals surface area contributed by atoms with Gasteiger partial charge in [-0.3, -0.25) is 9.59 Å². The molecular weight excluding hydrogens is 324 g/mol. The Bertz CT molecular complexity index is 533. The van der Waals surface area contributed by atoms with E-state index >= 15 is 0 Å². The van der Waals surface area contributed by atoms with Crippen LogP contribution in [-0.2, 0) is 9.59 Å². The first kappa shape index (κ1) is 20.2. The summed E-state index contributed by atoms with van der Waals surface area (Å²) in [6.45, 7) is 1.56. The molecule has 2 rings (SSSR count). The average molecular weight is 357 g/mol. The first-order valence-corrected chi connectivity index (χ1v) is 10.0. The third-order valence-corrected chi connectivity index (χ3v) is 4.80. The number of rotatable bonds is 13. The second-order valence-electron chi connectivity index (χ2n) is 6.99. The van der Waals surface area contributed by atoms with Crippen LogP contribution < -0.4 is 10.6 Å². The van der Waals surface area contributed by atoms with Crippen LogP contribution in [0.4, 0.5) is 0 Å². The molecule has 0 saturated carbocycles. The number of carbonyl (C=O) groups is 2. The zero-order chi connectivity index (χ0) is 18.5. The highest BCUT2D eigenvalue weighted by Gasteiger charge is 2.09. The number of amides is 2. The zero-order valence-electron chi connectivity index (χ0n) is 15.8. The minimum absolute atomic E-state index is 0.0857. The maximum absolute atomic E-state index is 11.8. The highest BCUT2D eigenvalue weighted by atomic mass is 16.2. The Labute approximate surface area is 157 Å². The molecule has 26 heavy (non-hydrogen) atoms. The van der Waals surface area contributed by atoms with Crippen LogP contribution in [0.3, 0.4) is 0 Å². The molecule has 2 amide bonds. The van der Waals surface area contributed by atoms with Crippen molar-refractivity contribution in [3.05, 3.63) is 47.6 Å². The van der Waals surface area contributed by atoms with E-state index < -0.39 is 0 Å². The molecule has 2 N–H and O–H groups in total. The van der Waals surface area contributed by atoms with Crippen LogP contribution in [0.1, 0.15) is 64.2 Å². The molecule has 0 aliphatic heterocycles. The molecule has 0 aromatic carbocycles. The van der Waals surface area contributed by atoms with Gasteiger partial charge in [-0.2, -0.15) is 0 Å². The van der Waals surface area contributed by atoms with Crippen molar-refractivity contribution in [2.45, 2.75) is 64.2 Å². The summed E-state index contributed by atoms with van der Waals surface area (Å²) >= 11 is 0. The van der Waals surface area contributed by atoms with E-state index in [-0.39, 0.29) is 11.8 Å². The number of hydrogen-bond acceptors (Lipinski definition) is 2. The molecule has 0 bridgehead atoms. The Morgan fingerprint density at radius 1 is 0.654 bits per heavy atom. The van der Waals surface area contributed by atoms with Gasteiger partial charge in [0.1, 0.15) is 0 Å². The molecule has 0 saturated heterocycles. The predicted octanol–water partition coefficient (Wildman–Crippen LogP) is 4.11. The van der Waals surface area contributed by atoms with Crippen molar-refractivity contribution >= 4 is 11.8 Å². The number of allylic oxidation sites excluding steroid dienone is 6. The molecule has 0 aromatic rings. The van der Waals surface area contributed by atoms with E-state index in [2.05, 4.69) is 10.6 Å². The van der Waals surface area contributed by atoms with Crippen molar-refractivity contribution in [2.75, 3.05) is 13.1 Å². The minimum atomic E-state index is 0.0857. The lowest BCUT2D eigenvalue weighted by Gasteiger charge is -2.06. The summed E-state index contributed by atoms with van der Waals surface area (Å²) in [4.78, 5) is 23.5. The molecule has 4 nitrogen and oxygen atoms in total. The van der Waals surface area contributed by atoms with Gasteiger partial charge in [0.05, 0.1) is 0 Å². The van der Waals surface area contributed by atoms with Crippen LogP contribution in [0, 0.1) is 0 Å². The monoisotopic (exact) mass is 356 g/mol. The second-order valence-corrected chi connectivity index (χ2v) is 6.99. The van der Waals surface area contributed by atoms with Gasteiger partial charge in [-0.1, -0.05) is 75.0 Å². The van der Waals surface area contributed by atoms with E-state index in [1.807, 2.05) is 36.5 Å². The summed E-state index contributed by atoms with van der Waals surface area (Å²) < 4.78 is 0. The highest BCUT2D eigenvalue weighted by Crippen LogP contribution is 2.12. The molecule has 0 fully saturated rings. The molecule has 4 heteroatoms. The average Bonchev–Trinajstić information content (AvgIpc) is 3.35. The number of carbonyl (C=O) groups excluding carboxylic acids is 2. The van der Waals surface area contributed by atoms with Crippen LogP contribution in [-0.4, -0.2) is 24.9 Å². The van der Waals surface area contributed by atoms with Gasteiger partial charge in [0.15, 0.2) is 0 Å². The fraction of sp³-hybridized carbons (Fsp3) is 0.545. The van der Waals surface area contributed by atoms with Crippen LogP contribution in [0.15, 0.2) is 47.6 Å². The number of unbranched alkanes of at least 4 members (excludes halogenated alkanes) is 7. The Balaban J connectivity index is 1.31. The topological polar surface area (TPSA) is 58.2 Å². The molecular formula is C22H32N2O2. The fourth-order valence-electron chi connectivity index (χ4n) is 3.17. The summed E-state index contributed by atoms with van der Waals surface area (Å²) in [7, 11) is 0. The molecule has 2 aliphatic rings. The summed E-state index contributed by atoms with van der Waals surface area (Å²) in [6, 6.07) is 0. The van der Waals surface area contributed by atoms with Gasteiger partial charge in [-0.25, -0.2) is 0 Å². The van der Waals surface area contributed by atoms with Crippen LogP contribution in [0.5, 0.6) is 0 Å². The SMILES string of the molecule is O=C(NCCCCCCCCCCNC(=O)C1=CC=CC1)C1=CC=CC1. The van der Waals surface area contributed by atoms with Crippen molar-refractivity contribution < 1.29 is 9.59 Å². The number of nitrogens with one attached hydrogen (secondary N) is 2. The van der Waals surface area contributed by atoms with Gasteiger partial charge in [-0.05, 0) is 25.7 Å². The third kappa shape index (κ3) is 7.85. The smallest absolute Gasteiger partial charge is 0.247 e. The molecule has 0 radical (unpaired) electrons. The van der Waals surface area contributed by atoms with Crippen molar-refractivity contribution in [1.82, 2.24) is 10.6 Å². The first-order chi connectivity index (χ1) is 12.8. The molecule has 0 spiro atoms. The van der Waals surface area contributed by atoms with Gasteiger partial charge in [0, 0.05) is 24.2 Å². The lowest BCUT2D eigenvalue weighted by atomic mass is 10.1. The van der Waals surface area contributed by atoms with Crippen LogP contribution in [0.2, 0.25) is 0 Å². The molecule has 142 valence electrons. The highest BCUT2D eigenvalue weighted by molar-refractivity contribution is 5.95. The zero-order valence-corrected chi connectivity index (χ0v) is 15.8. The third-order valence-electron chi connectivity index (χ3n) is 4.80. The summed E-state index contributed by atoms with van der Waals surface area (Å²) in [5.41, 5.74) is 1.75. The molecule has 0 atom stereocenters. The molecule has 0 heterocycles. The first-order valence-electron chi connectivity index (χ1n) is 10.0. The normalized spacial score (nSPS) is 15.1. The fourth-order valence-corrected chi connectivity index (χ4v) is 3.17. The number of hydrogen-bond donors (Lipinski definition) is 2. The molecule has 2 aliphatic carbocycles. The van der Waals surface area contributed by atoms with Gasteiger partial charge in [0.2, 0.25) is 11.8 Å². The second kappa shape index (κ2) is 12.3. The minimum Gasteiger partial charge on any atom is -0.352 e. The van der Waals surface area contributed by atoms with Crippen molar-refractivity contribution in [2.24, 2.45) is 0 Å². The largest absolute Gasteiger partial charge is 0.352 e. The van der Waals surface area contributed by atoms with Gasteiger partial charge >= 0.3 is 0 Å². The van der Waals surface area contributed by atoms with Crippen molar-refractivity contribution in [3.63, 3.8) is 0 Å². The van der Waals surface area contributed by atoms with Crippen LogP contribution in [0.25, 0.3) is 0 Å². The van der Waals surface area contributed by atoms with Crippen LogP contribution >= 0.6 is 0 Å². The van der Waals surface area contributed by atoms with E-state index in [1.165, 1.54) is 38.5 Å². The Kier molecular flexibility index (Phi) is 9.55. The Morgan fingerprint density at radius 2 is 1.04 bits per heavy atom. The van der Waals surface area contributed by atoms with E-state index in [1.54, 1.807) is 0 Å².